The number of fused-ring (bicyclic) bond motifs is 1. The van der Waals surface area contributed by atoms with Gasteiger partial charge in [-0.25, -0.2) is 14.6 Å². The maximum atomic E-state index is 13.6. The molecule has 0 aromatic carbocycles. The molecule has 3 aliphatic rings. The summed E-state index contributed by atoms with van der Waals surface area (Å²) in [6.45, 7) is 12.4. The standard InChI is InChI=1S/C30H46N6O5S/c1-5-11-36(12-7-10-32-28(38)40-22-8-6-9-22)27(37)21-13-25-24(34-26(31)14-21)15-23(42-25)19-35-17-20(18-35)16-33-29(39)41-30(2,3)4/h13,15,20,22H,5-12,14,16-19H2,1-4H3,(H2,31,34)(H,32,38)(H,33,39). The number of thiophene rings is 1. The number of aliphatic imine (C=N–C) groups is 1. The van der Waals surface area contributed by atoms with Gasteiger partial charge in [0.2, 0.25) is 5.91 Å². The van der Waals surface area contributed by atoms with Gasteiger partial charge in [0.05, 0.1) is 10.6 Å². The first kappa shape index (κ1) is 31.8. The van der Waals surface area contributed by atoms with Gasteiger partial charge >= 0.3 is 12.2 Å². The second kappa shape index (κ2) is 14.4. The molecular weight excluding hydrogens is 556 g/mol. The first-order valence-corrected chi connectivity index (χ1v) is 15.9. The number of likely N-dealkylation sites (tertiary alicyclic amines) is 1. The SMILES string of the molecule is CCCN(CCCNC(=O)OC1CCC1)C(=O)C1=Cc2sc(CN3CC(CNC(=O)OC(C)(C)C)C3)cc2N=C(N)C1. The summed E-state index contributed by atoms with van der Waals surface area (Å²) < 4.78 is 10.6. The normalized spacial score (nSPS) is 17.5. The molecule has 0 atom stereocenters. The summed E-state index contributed by atoms with van der Waals surface area (Å²) >= 11 is 1.63. The van der Waals surface area contributed by atoms with E-state index in [-0.39, 0.29) is 24.2 Å². The average Bonchev–Trinajstić information content (AvgIpc) is 3.15. The molecule has 42 heavy (non-hydrogen) atoms. The number of alkyl carbamates (subject to hydrolysis) is 2. The summed E-state index contributed by atoms with van der Waals surface area (Å²) in [5, 5.41) is 5.66. The highest BCUT2D eigenvalue weighted by Crippen LogP contribution is 2.36. The van der Waals surface area contributed by atoms with Crippen LogP contribution in [0.15, 0.2) is 16.6 Å². The van der Waals surface area contributed by atoms with Crippen molar-refractivity contribution in [3.8, 4) is 0 Å². The zero-order chi connectivity index (χ0) is 30.3. The number of nitrogens with one attached hydrogen (secondary N) is 2. The molecule has 0 bridgehead atoms. The fourth-order valence-electron chi connectivity index (χ4n) is 5.08. The zero-order valence-electron chi connectivity index (χ0n) is 25.4. The van der Waals surface area contributed by atoms with Crippen molar-refractivity contribution in [2.75, 3.05) is 39.3 Å². The van der Waals surface area contributed by atoms with Crippen LogP contribution >= 0.6 is 11.3 Å². The molecular formula is C30H46N6O5S. The molecule has 232 valence electrons. The largest absolute Gasteiger partial charge is 0.446 e. The topological polar surface area (TPSA) is 139 Å². The molecule has 4 rings (SSSR count). The van der Waals surface area contributed by atoms with Gasteiger partial charge in [0.1, 0.15) is 17.5 Å². The number of amides is 3. The minimum absolute atomic E-state index is 0.0436. The number of amidine groups is 1. The van der Waals surface area contributed by atoms with Gasteiger partial charge in [-0.05, 0) is 65.0 Å². The van der Waals surface area contributed by atoms with E-state index in [0.29, 0.717) is 56.3 Å². The zero-order valence-corrected chi connectivity index (χ0v) is 26.2. The van der Waals surface area contributed by atoms with Crippen LogP contribution in [0.1, 0.15) is 76.0 Å². The van der Waals surface area contributed by atoms with Gasteiger partial charge in [-0.1, -0.05) is 6.92 Å². The predicted molar refractivity (Wildman–Crippen MR) is 165 cm³/mol. The number of nitrogens with zero attached hydrogens (tertiary/aromatic N) is 3. The Kier molecular flexibility index (Phi) is 10.9. The monoisotopic (exact) mass is 602 g/mol. The molecule has 0 radical (unpaired) electrons. The summed E-state index contributed by atoms with van der Waals surface area (Å²) in [4.78, 5) is 48.3. The third-order valence-electron chi connectivity index (χ3n) is 7.33. The van der Waals surface area contributed by atoms with Crippen LogP contribution in [-0.2, 0) is 20.8 Å². The summed E-state index contributed by atoms with van der Waals surface area (Å²) in [6.07, 6.45) is 6.00. The lowest BCUT2D eigenvalue weighted by atomic mass is 9.96. The van der Waals surface area contributed by atoms with Crippen molar-refractivity contribution < 1.29 is 23.9 Å². The Morgan fingerprint density at radius 2 is 1.93 bits per heavy atom. The molecule has 0 spiro atoms. The minimum Gasteiger partial charge on any atom is -0.446 e. The molecule has 1 saturated carbocycles. The van der Waals surface area contributed by atoms with Crippen molar-refractivity contribution in [1.82, 2.24) is 20.4 Å². The molecule has 3 amide bonds. The van der Waals surface area contributed by atoms with Gasteiger partial charge in [-0.2, -0.15) is 0 Å². The van der Waals surface area contributed by atoms with Crippen molar-refractivity contribution in [3.63, 3.8) is 0 Å². The highest BCUT2D eigenvalue weighted by molar-refractivity contribution is 7.13. The van der Waals surface area contributed by atoms with E-state index in [1.165, 1.54) is 0 Å². The molecule has 11 nitrogen and oxygen atoms in total. The van der Waals surface area contributed by atoms with Gasteiger partial charge in [0.25, 0.3) is 0 Å². The summed E-state index contributed by atoms with van der Waals surface area (Å²) in [7, 11) is 0. The van der Waals surface area contributed by atoms with Crippen LogP contribution in [0.3, 0.4) is 0 Å². The molecule has 1 saturated heterocycles. The Balaban J connectivity index is 1.27. The van der Waals surface area contributed by atoms with Crippen LogP contribution in [0.25, 0.3) is 6.08 Å². The summed E-state index contributed by atoms with van der Waals surface area (Å²) in [5.41, 5.74) is 7.18. The first-order chi connectivity index (χ1) is 20.0. The number of carbonyl (C=O) groups excluding carboxylic acids is 3. The van der Waals surface area contributed by atoms with E-state index in [2.05, 4.69) is 26.6 Å². The van der Waals surface area contributed by atoms with Gasteiger partial charge < -0.3 is 30.7 Å². The molecule has 1 aromatic heterocycles. The van der Waals surface area contributed by atoms with Crippen LogP contribution in [0.4, 0.5) is 15.3 Å². The molecule has 12 heteroatoms. The lowest BCUT2D eigenvalue weighted by Crippen LogP contribution is -2.51. The Labute approximate surface area is 252 Å². The Hall–Kier alpha value is -3.12. The molecule has 2 aliphatic heterocycles. The van der Waals surface area contributed by atoms with Crippen molar-refractivity contribution >= 4 is 47.0 Å². The molecule has 4 N–H and O–H groups in total. The van der Waals surface area contributed by atoms with Crippen LogP contribution < -0.4 is 16.4 Å². The van der Waals surface area contributed by atoms with Gasteiger partial charge in [0.15, 0.2) is 0 Å². The maximum Gasteiger partial charge on any atom is 0.407 e. The van der Waals surface area contributed by atoms with E-state index < -0.39 is 5.60 Å². The van der Waals surface area contributed by atoms with E-state index in [1.807, 2.05) is 38.7 Å². The molecule has 3 heterocycles. The minimum atomic E-state index is -0.505. The highest BCUT2D eigenvalue weighted by Gasteiger charge is 2.29. The molecule has 1 aromatic rings. The third kappa shape index (κ3) is 9.45. The van der Waals surface area contributed by atoms with Crippen LogP contribution in [-0.4, -0.2) is 84.7 Å². The highest BCUT2D eigenvalue weighted by atomic mass is 32.1. The summed E-state index contributed by atoms with van der Waals surface area (Å²) in [5.74, 6) is 0.769. The number of nitrogens with two attached hydrogens (primary N) is 1. The van der Waals surface area contributed by atoms with Crippen molar-refractivity contribution in [2.45, 2.75) is 84.5 Å². The third-order valence-corrected chi connectivity index (χ3v) is 8.39. The molecule has 1 aliphatic carbocycles. The van der Waals surface area contributed by atoms with E-state index in [1.54, 1.807) is 11.3 Å². The number of ether oxygens (including phenoxy) is 2. The van der Waals surface area contributed by atoms with E-state index in [9.17, 15) is 14.4 Å². The quantitative estimate of drug-likeness (QED) is 0.302. The second-order valence-electron chi connectivity index (χ2n) is 12.4. The fraction of sp³-hybridized carbons (Fsp3) is 0.667. The molecule has 0 unspecified atom stereocenters. The number of hydrogen-bond donors (Lipinski definition) is 3. The van der Waals surface area contributed by atoms with Crippen molar-refractivity contribution in [3.05, 3.63) is 21.4 Å². The average molecular weight is 603 g/mol. The van der Waals surface area contributed by atoms with Gasteiger partial charge in [-0.3, -0.25) is 9.69 Å². The van der Waals surface area contributed by atoms with E-state index in [4.69, 9.17) is 15.2 Å². The van der Waals surface area contributed by atoms with Crippen molar-refractivity contribution in [1.29, 1.82) is 0 Å². The first-order valence-electron chi connectivity index (χ1n) is 15.1. The Morgan fingerprint density at radius 3 is 2.60 bits per heavy atom. The number of rotatable bonds is 12. The predicted octanol–water partition coefficient (Wildman–Crippen LogP) is 4.39. The maximum absolute atomic E-state index is 13.6. The number of carbonyl (C=O) groups is 3. The van der Waals surface area contributed by atoms with Crippen LogP contribution in [0, 0.1) is 5.92 Å². The van der Waals surface area contributed by atoms with Crippen molar-refractivity contribution in [2.24, 2.45) is 16.6 Å². The second-order valence-corrected chi connectivity index (χ2v) is 13.6. The van der Waals surface area contributed by atoms with Crippen LogP contribution in [0.5, 0.6) is 0 Å². The number of hydrogen-bond acceptors (Lipinski definition) is 9. The molecule has 2 fully saturated rings. The Bertz CT molecular complexity index is 1180. The smallest absolute Gasteiger partial charge is 0.407 e. The lowest BCUT2D eigenvalue weighted by molar-refractivity contribution is -0.127. The van der Waals surface area contributed by atoms with Crippen LogP contribution in [0.2, 0.25) is 0 Å². The Morgan fingerprint density at radius 1 is 1.17 bits per heavy atom. The van der Waals surface area contributed by atoms with Gasteiger partial charge in [0, 0.05) is 68.6 Å². The lowest BCUT2D eigenvalue weighted by Gasteiger charge is -2.39. The van der Waals surface area contributed by atoms with E-state index >= 15 is 0 Å². The van der Waals surface area contributed by atoms with Gasteiger partial charge in [-0.15, -0.1) is 11.3 Å². The van der Waals surface area contributed by atoms with E-state index in [0.717, 1.165) is 60.8 Å². The fourth-order valence-corrected chi connectivity index (χ4v) is 6.19. The summed E-state index contributed by atoms with van der Waals surface area (Å²) in [6, 6.07) is 2.06.